The Morgan fingerprint density at radius 1 is 1.07 bits per heavy atom. The van der Waals surface area contributed by atoms with E-state index >= 15 is 0 Å². The van der Waals surface area contributed by atoms with Crippen LogP contribution in [0.4, 0.5) is 5.82 Å². The van der Waals surface area contributed by atoms with Gasteiger partial charge in [-0.25, -0.2) is 4.98 Å². The number of nitrogens with two attached hydrogens (primary N) is 1. The molecule has 3 heterocycles. The number of pyridine rings is 1. The van der Waals surface area contributed by atoms with Crippen LogP contribution >= 0.6 is 37.2 Å². The number of fused-ring (bicyclic) bond motifs is 1. The first-order valence-corrected chi connectivity index (χ1v) is 9.76. The fourth-order valence-corrected chi connectivity index (χ4v) is 4.35. The van der Waals surface area contributed by atoms with Crippen LogP contribution in [-0.2, 0) is 0 Å². The number of aromatic nitrogens is 1. The molecule has 1 aliphatic heterocycles. The van der Waals surface area contributed by atoms with Crippen molar-refractivity contribution in [2.75, 3.05) is 37.6 Å². The Morgan fingerprint density at radius 2 is 1.75 bits per heavy atom. The summed E-state index contributed by atoms with van der Waals surface area (Å²) in [5.74, 6) is 1.97. The maximum atomic E-state index is 6.02. The van der Waals surface area contributed by atoms with E-state index in [4.69, 9.17) is 10.2 Å². The molecule has 2 fully saturated rings. The number of aryl methyl sites for hydroxylation is 1. The monoisotopic (exact) mass is 450 g/mol. The molecule has 0 aromatic carbocycles. The Kier molecular flexibility index (Phi) is 10.4. The third-order valence-electron chi connectivity index (χ3n) is 6.06. The molecule has 28 heavy (non-hydrogen) atoms. The van der Waals surface area contributed by atoms with Crippen LogP contribution in [0.5, 0.6) is 0 Å². The molecule has 0 radical (unpaired) electrons. The van der Waals surface area contributed by atoms with E-state index in [-0.39, 0.29) is 37.2 Å². The van der Waals surface area contributed by atoms with E-state index in [0.29, 0.717) is 6.04 Å². The first-order valence-electron chi connectivity index (χ1n) is 9.76. The molecule has 2 aromatic rings. The summed E-state index contributed by atoms with van der Waals surface area (Å²) in [4.78, 5) is 9.72. The molecule has 2 aromatic heterocycles. The summed E-state index contributed by atoms with van der Waals surface area (Å²) in [6.07, 6.45) is 10.1. The first-order chi connectivity index (χ1) is 12.2. The number of rotatable bonds is 4. The predicted octanol–water partition coefficient (Wildman–Crippen LogP) is 4.43. The van der Waals surface area contributed by atoms with Gasteiger partial charge in [0.1, 0.15) is 11.4 Å². The fourth-order valence-electron chi connectivity index (χ4n) is 4.35. The molecule has 1 saturated heterocycles. The number of anilines is 1. The van der Waals surface area contributed by atoms with Crippen molar-refractivity contribution in [2.45, 2.75) is 45.1 Å². The van der Waals surface area contributed by atoms with Crippen molar-refractivity contribution in [2.24, 2.45) is 11.7 Å². The van der Waals surface area contributed by atoms with E-state index in [9.17, 15) is 0 Å². The standard InChI is InChI=1S/C20H30N4O.3ClH/c1-15-14-22-20(18-7-13-25-19(15)18)24-11-9-23(10-12-24)8-6-16-2-4-17(21)5-3-16;;;/h7,13-14,16-17H,2-6,8-12,21H2,1H3;3*1H. The predicted molar refractivity (Wildman–Crippen MR) is 124 cm³/mol. The number of hydrogen-bond donors (Lipinski definition) is 1. The zero-order valence-electron chi connectivity index (χ0n) is 16.5. The number of piperazine rings is 1. The molecule has 0 unspecified atom stereocenters. The summed E-state index contributed by atoms with van der Waals surface area (Å²) < 4.78 is 5.63. The van der Waals surface area contributed by atoms with Crippen LogP contribution in [0.2, 0.25) is 0 Å². The van der Waals surface area contributed by atoms with Gasteiger partial charge in [-0.05, 0) is 57.6 Å². The van der Waals surface area contributed by atoms with Crippen LogP contribution in [-0.4, -0.2) is 48.6 Å². The van der Waals surface area contributed by atoms with Gasteiger partial charge in [-0.15, -0.1) is 37.2 Å². The molecular formula is C20H33Cl3N4O. The lowest BCUT2D eigenvalue weighted by atomic mass is 9.84. The van der Waals surface area contributed by atoms with Gasteiger partial charge in [0.05, 0.1) is 11.6 Å². The van der Waals surface area contributed by atoms with Gasteiger partial charge in [0.15, 0.2) is 0 Å². The lowest BCUT2D eigenvalue weighted by Crippen LogP contribution is -2.47. The zero-order valence-corrected chi connectivity index (χ0v) is 19.0. The molecule has 1 aliphatic carbocycles. The highest BCUT2D eigenvalue weighted by Crippen LogP contribution is 2.29. The van der Waals surface area contributed by atoms with Crippen LogP contribution in [0.25, 0.3) is 11.0 Å². The molecule has 5 nitrogen and oxygen atoms in total. The van der Waals surface area contributed by atoms with Gasteiger partial charge in [-0.1, -0.05) is 0 Å². The van der Waals surface area contributed by atoms with Gasteiger partial charge in [-0.3, -0.25) is 4.90 Å². The lowest BCUT2D eigenvalue weighted by molar-refractivity contribution is 0.216. The molecule has 2 aliphatic rings. The second kappa shape index (κ2) is 11.5. The van der Waals surface area contributed by atoms with Gasteiger partial charge in [0.2, 0.25) is 0 Å². The van der Waals surface area contributed by atoms with E-state index in [0.717, 1.165) is 54.4 Å². The Balaban J connectivity index is 0.00000131. The van der Waals surface area contributed by atoms with E-state index in [1.54, 1.807) is 6.26 Å². The van der Waals surface area contributed by atoms with Crippen LogP contribution < -0.4 is 10.6 Å². The number of halogens is 3. The van der Waals surface area contributed by atoms with Crippen molar-refractivity contribution >= 4 is 54.0 Å². The molecule has 0 bridgehead atoms. The average Bonchev–Trinajstić information content (AvgIpc) is 3.13. The van der Waals surface area contributed by atoms with Crippen molar-refractivity contribution < 1.29 is 4.42 Å². The van der Waals surface area contributed by atoms with E-state index in [2.05, 4.69) is 21.7 Å². The fraction of sp³-hybridized carbons (Fsp3) is 0.650. The summed E-state index contributed by atoms with van der Waals surface area (Å²) in [7, 11) is 0. The minimum Gasteiger partial charge on any atom is -0.464 e. The maximum Gasteiger partial charge on any atom is 0.142 e. The highest BCUT2D eigenvalue weighted by molar-refractivity contribution is 5.90. The average molecular weight is 452 g/mol. The van der Waals surface area contributed by atoms with Crippen molar-refractivity contribution in [1.29, 1.82) is 0 Å². The zero-order chi connectivity index (χ0) is 17.2. The van der Waals surface area contributed by atoms with Crippen LogP contribution in [0.15, 0.2) is 22.9 Å². The molecule has 8 heteroatoms. The minimum atomic E-state index is 0. The second-order valence-corrected chi connectivity index (χ2v) is 7.83. The van der Waals surface area contributed by atoms with Crippen molar-refractivity contribution in [3.05, 3.63) is 24.1 Å². The highest BCUT2D eigenvalue weighted by Gasteiger charge is 2.23. The first kappa shape index (κ1) is 25.3. The summed E-state index contributed by atoms with van der Waals surface area (Å²) in [6, 6.07) is 2.51. The third kappa shape index (κ3) is 5.67. The Hall–Kier alpha value is -0.720. The highest BCUT2D eigenvalue weighted by atomic mass is 35.5. The molecule has 0 amide bonds. The summed E-state index contributed by atoms with van der Waals surface area (Å²) in [6.45, 7) is 7.63. The number of nitrogens with zero attached hydrogens (tertiary/aromatic N) is 3. The topological polar surface area (TPSA) is 58.5 Å². The number of hydrogen-bond acceptors (Lipinski definition) is 5. The summed E-state index contributed by atoms with van der Waals surface area (Å²) in [5, 5.41) is 1.15. The quantitative estimate of drug-likeness (QED) is 0.745. The third-order valence-corrected chi connectivity index (χ3v) is 6.06. The summed E-state index contributed by atoms with van der Waals surface area (Å²) in [5.41, 5.74) is 8.10. The lowest BCUT2D eigenvalue weighted by Gasteiger charge is -2.36. The molecule has 0 spiro atoms. The second-order valence-electron chi connectivity index (χ2n) is 7.83. The van der Waals surface area contributed by atoms with Gasteiger partial charge < -0.3 is 15.1 Å². The summed E-state index contributed by atoms with van der Waals surface area (Å²) >= 11 is 0. The van der Waals surface area contributed by atoms with Crippen molar-refractivity contribution in [1.82, 2.24) is 9.88 Å². The molecule has 0 atom stereocenters. The molecular weight excluding hydrogens is 419 g/mol. The van der Waals surface area contributed by atoms with Gasteiger partial charge >= 0.3 is 0 Å². The van der Waals surface area contributed by atoms with E-state index in [1.165, 1.54) is 38.6 Å². The van der Waals surface area contributed by atoms with E-state index in [1.807, 2.05) is 12.3 Å². The molecule has 4 rings (SSSR count). The van der Waals surface area contributed by atoms with Crippen molar-refractivity contribution in [3.8, 4) is 0 Å². The van der Waals surface area contributed by atoms with Gasteiger partial charge in [-0.2, -0.15) is 0 Å². The SMILES string of the molecule is Cc1cnc(N2CCN(CCC3CCC(N)CC3)CC2)c2ccoc12.Cl.Cl.Cl. The van der Waals surface area contributed by atoms with Crippen LogP contribution in [0.3, 0.4) is 0 Å². The van der Waals surface area contributed by atoms with E-state index < -0.39 is 0 Å². The van der Waals surface area contributed by atoms with Crippen molar-refractivity contribution in [3.63, 3.8) is 0 Å². The van der Waals surface area contributed by atoms with Gasteiger partial charge in [0, 0.05) is 44.0 Å². The normalized spacial score (nSPS) is 22.9. The molecule has 2 N–H and O–H groups in total. The van der Waals surface area contributed by atoms with Crippen LogP contribution in [0.1, 0.15) is 37.7 Å². The van der Waals surface area contributed by atoms with Gasteiger partial charge in [0.25, 0.3) is 0 Å². The minimum absolute atomic E-state index is 0. The Labute approximate surface area is 186 Å². The Morgan fingerprint density at radius 3 is 2.43 bits per heavy atom. The number of furan rings is 1. The maximum absolute atomic E-state index is 6.02. The Bertz CT molecular complexity index is 711. The smallest absolute Gasteiger partial charge is 0.142 e. The molecule has 160 valence electrons. The largest absolute Gasteiger partial charge is 0.464 e. The molecule has 1 saturated carbocycles. The van der Waals surface area contributed by atoms with Crippen LogP contribution in [0, 0.1) is 12.8 Å².